The molecule has 3 aromatic heterocycles. The molecule has 12 heteroatoms. The highest BCUT2D eigenvalue weighted by molar-refractivity contribution is 7.18. The first kappa shape index (κ1) is 24.4. The number of fused-ring (bicyclic) bond motifs is 1. The normalized spacial score (nSPS) is 12.0. The predicted molar refractivity (Wildman–Crippen MR) is 126 cm³/mol. The highest BCUT2D eigenvalue weighted by Gasteiger charge is 2.22. The van der Waals surface area contributed by atoms with Crippen LogP contribution in [0.2, 0.25) is 0 Å². The number of thiophene rings is 2. The van der Waals surface area contributed by atoms with E-state index in [1.807, 2.05) is 12.1 Å². The molecule has 33 heavy (non-hydrogen) atoms. The van der Waals surface area contributed by atoms with Crippen LogP contribution in [0.15, 0.2) is 23.0 Å². The Labute approximate surface area is 196 Å². The van der Waals surface area contributed by atoms with E-state index in [0.717, 1.165) is 41.9 Å². The lowest BCUT2D eigenvalue weighted by Gasteiger charge is -2.12. The van der Waals surface area contributed by atoms with E-state index in [0.29, 0.717) is 15.1 Å². The Hall–Kier alpha value is -3.25. The van der Waals surface area contributed by atoms with Gasteiger partial charge >= 0.3 is 11.9 Å². The number of H-pyrrole nitrogens is 1. The Morgan fingerprint density at radius 2 is 1.82 bits per heavy atom. The van der Waals surface area contributed by atoms with Crippen molar-refractivity contribution >= 4 is 56.7 Å². The van der Waals surface area contributed by atoms with Crippen molar-refractivity contribution in [2.75, 3.05) is 5.73 Å². The number of carbonyl (C=O) groups excluding carboxylic acids is 1. The minimum atomic E-state index is -1.26. The third-order valence-corrected chi connectivity index (χ3v) is 7.19. The summed E-state index contributed by atoms with van der Waals surface area (Å²) in [7, 11) is 0. The number of aryl methyl sites for hydroxylation is 2. The van der Waals surface area contributed by atoms with Crippen molar-refractivity contribution in [2.24, 2.45) is 0 Å². The molecule has 0 bridgehead atoms. The molecule has 0 unspecified atom stereocenters. The van der Waals surface area contributed by atoms with Crippen LogP contribution >= 0.6 is 22.7 Å². The molecule has 0 aromatic carbocycles. The third-order valence-electron chi connectivity index (χ3n) is 4.95. The van der Waals surface area contributed by atoms with E-state index in [4.69, 9.17) is 10.8 Å². The zero-order chi connectivity index (χ0) is 24.0. The second-order valence-corrected chi connectivity index (χ2v) is 9.79. The topological polar surface area (TPSA) is 175 Å². The molecule has 1 amide bonds. The summed E-state index contributed by atoms with van der Waals surface area (Å²) < 4.78 is 0. The molecular formula is C21H24N4O6S2. The zero-order valence-electron chi connectivity index (χ0n) is 17.6. The Balaban J connectivity index is 1.44. The SMILES string of the molecule is Nc1nc2sc(CCCCCc3ccc(C(=O)N[C@H](CCC(=O)O)C(=O)O)s3)cc2c(=O)[nH]1. The lowest BCUT2D eigenvalue weighted by atomic mass is 10.1. The molecule has 3 heterocycles. The van der Waals surface area contributed by atoms with E-state index < -0.39 is 23.9 Å². The minimum absolute atomic E-state index is 0.114. The Morgan fingerprint density at radius 3 is 2.52 bits per heavy atom. The molecule has 6 N–H and O–H groups in total. The van der Waals surface area contributed by atoms with Gasteiger partial charge in [-0.3, -0.25) is 19.4 Å². The van der Waals surface area contributed by atoms with Crippen LogP contribution in [0.1, 0.15) is 51.5 Å². The summed E-state index contributed by atoms with van der Waals surface area (Å²) in [6, 6.07) is 4.12. The van der Waals surface area contributed by atoms with Crippen molar-refractivity contribution in [1.82, 2.24) is 15.3 Å². The lowest BCUT2D eigenvalue weighted by molar-refractivity contribution is -0.140. The van der Waals surface area contributed by atoms with Crippen LogP contribution in [0.3, 0.4) is 0 Å². The van der Waals surface area contributed by atoms with Crippen LogP contribution in [-0.4, -0.2) is 44.1 Å². The number of nitrogens with zero attached hydrogens (tertiary/aromatic N) is 1. The molecule has 3 rings (SSSR count). The molecule has 3 aromatic rings. The summed E-state index contributed by atoms with van der Waals surface area (Å²) >= 11 is 2.77. The van der Waals surface area contributed by atoms with E-state index >= 15 is 0 Å². The van der Waals surface area contributed by atoms with E-state index in [-0.39, 0.29) is 24.3 Å². The quantitative estimate of drug-likeness (QED) is 0.240. The maximum absolute atomic E-state index is 12.3. The van der Waals surface area contributed by atoms with Gasteiger partial charge in [-0.05, 0) is 50.3 Å². The maximum atomic E-state index is 12.3. The van der Waals surface area contributed by atoms with E-state index in [1.165, 1.54) is 22.7 Å². The van der Waals surface area contributed by atoms with Gasteiger partial charge in [0.2, 0.25) is 5.95 Å². The number of aliphatic carboxylic acids is 2. The van der Waals surface area contributed by atoms with Crippen molar-refractivity contribution in [3.63, 3.8) is 0 Å². The van der Waals surface area contributed by atoms with Crippen LogP contribution < -0.4 is 16.6 Å². The first-order chi connectivity index (χ1) is 15.7. The summed E-state index contributed by atoms with van der Waals surface area (Å²) in [5, 5.41) is 20.8. The number of anilines is 1. The average Bonchev–Trinajstić information content (AvgIpc) is 3.37. The third kappa shape index (κ3) is 6.86. The molecule has 0 saturated heterocycles. The van der Waals surface area contributed by atoms with Gasteiger partial charge in [0, 0.05) is 16.2 Å². The van der Waals surface area contributed by atoms with Crippen LogP contribution in [0.25, 0.3) is 10.2 Å². The number of carboxylic acids is 2. The van der Waals surface area contributed by atoms with Gasteiger partial charge in [0.05, 0.1) is 10.3 Å². The second-order valence-electron chi connectivity index (χ2n) is 7.51. The Kier molecular flexibility index (Phi) is 8.17. The molecule has 0 spiro atoms. The van der Waals surface area contributed by atoms with Gasteiger partial charge in [0.15, 0.2) is 0 Å². The summed E-state index contributed by atoms with van der Waals surface area (Å²) in [6.45, 7) is 0. The van der Waals surface area contributed by atoms with Crippen LogP contribution in [0, 0.1) is 0 Å². The number of unbranched alkanes of at least 4 members (excludes halogenated alkanes) is 2. The van der Waals surface area contributed by atoms with E-state index in [9.17, 15) is 24.3 Å². The maximum Gasteiger partial charge on any atom is 0.326 e. The minimum Gasteiger partial charge on any atom is -0.481 e. The van der Waals surface area contributed by atoms with Crippen LogP contribution in [-0.2, 0) is 22.4 Å². The second kappa shape index (κ2) is 11.1. The van der Waals surface area contributed by atoms with E-state index in [2.05, 4.69) is 15.3 Å². The fourth-order valence-electron chi connectivity index (χ4n) is 3.29. The number of nitrogens with two attached hydrogens (primary N) is 1. The molecule has 0 fully saturated rings. The Morgan fingerprint density at radius 1 is 1.09 bits per heavy atom. The zero-order valence-corrected chi connectivity index (χ0v) is 19.3. The number of aromatic nitrogens is 2. The summed E-state index contributed by atoms with van der Waals surface area (Å²) in [5.74, 6) is -2.78. The predicted octanol–water partition coefficient (Wildman–Crippen LogP) is 2.63. The van der Waals surface area contributed by atoms with Crippen molar-refractivity contribution in [3.8, 4) is 0 Å². The number of hydrogen-bond donors (Lipinski definition) is 5. The molecule has 176 valence electrons. The molecule has 10 nitrogen and oxygen atoms in total. The summed E-state index contributed by atoms with van der Waals surface area (Å²) in [4.78, 5) is 55.9. The van der Waals surface area contributed by atoms with Gasteiger partial charge < -0.3 is 21.3 Å². The van der Waals surface area contributed by atoms with Gasteiger partial charge in [-0.15, -0.1) is 22.7 Å². The number of carbonyl (C=O) groups is 3. The number of aromatic amines is 1. The molecular weight excluding hydrogens is 468 g/mol. The van der Waals surface area contributed by atoms with Gasteiger partial charge in [0.25, 0.3) is 11.5 Å². The monoisotopic (exact) mass is 492 g/mol. The first-order valence-electron chi connectivity index (χ1n) is 10.4. The van der Waals surface area contributed by atoms with Crippen molar-refractivity contribution in [1.29, 1.82) is 0 Å². The Bertz CT molecular complexity index is 1220. The number of carboxylic acid groups (broad SMARTS) is 2. The molecule has 0 aliphatic heterocycles. The largest absolute Gasteiger partial charge is 0.481 e. The number of amides is 1. The number of nitrogen functional groups attached to an aromatic ring is 1. The average molecular weight is 493 g/mol. The molecule has 1 atom stereocenters. The van der Waals surface area contributed by atoms with Crippen molar-refractivity contribution < 1.29 is 24.6 Å². The number of nitrogens with one attached hydrogen (secondary N) is 2. The smallest absolute Gasteiger partial charge is 0.326 e. The van der Waals surface area contributed by atoms with Crippen LogP contribution in [0.4, 0.5) is 5.95 Å². The van der Waals surface area contributed by atoms with Crippen LogP contribution in [0.5, 0.6) is 0 Å². The van der Waals surface area contributed by atoms with Gasteiger partial charge in [0.1, 0.15) is 10.9 Å². The summed E-state index contributed by atoms with van der Waals surface area (Å²) in [6.07, 6.45) is 3.96. The van der Waals surface area contributed by atoms with Gasteiger partial charge in [-0.25, -0.2) is 9.78 Å². The summed E-state index contributed by atoms with van der Waals surface area (Å²) in [5.41, 5.74) is 5.35. The van der Waals surface area contributed by atoms with Crippen molar-refractivity contribution in [2.45, 2.75) is 51.0 Å². The molecule has 0 saturated carbocycles. The molecule has 0 aliphatic rings. The highest BCUT2D eigenvalue weighted by Crippen LogP contribution is 2.24. The number of rotatable bonds is 12. The van der Waals surface area contributed by atoms with Gasteiger partial charge in [-0.2, -0.15) is 0 Å². The van der Waals surface area contributed by atoms with Crippen molar-refractivity contribution in [3.05, 3.63) is 43.2 Å². The van der Waals surface area contributed by atoms with Gasteiger partial charge in [-0.1, -0.05) is 6.42 Å². The fourth-order valence-corrected chi connectivity index (χ4v) is 5.32. The molecule has 0 aliphatic carbocycles. The van der Waals surface area contributed by atoms with E-state index in [1.54, 1.807) is 6.07 Å². The standard InChI is InChI=1S/C21H24N4O6S2/c22-21-24-17(28)13-10-12(33-19(13)25-21)5-3-1-2-4-11-6-8-15(32-11)18(29)23-14(20(30)31)7-9-16(26)27/h6,8,10,14H,1-5,7,9H2,(H,23,29)(H,26,27)(H,30,31)(H3,22,24,25,28)/t14-/m1/s1. The fraction of sp³-hybridized carbons (Fsp3) is 0.381. The highest BCUT2D eigenvalue weighted by atomic mass is 32.1. The lowest BCUT2D eigenvalue weighted by Crippen LogP contribution is -2.40. The molecule has 0 radical (unpaired) electrons. The first-order valence-corrected chi connectivity index (χ1v) is 12.0. The number of hydrogen-bond acceptors (Lipinski definition) is 8.